The van der Waals surface area contributed by atoms with E-state index in [0.29, 0.717) is 22.9 Å². The molecular formula is C22H18FN5O. The van der Waals surface area contributed by atoms with Gasteiger partial charge in [-0.25, -0.2) is 4.39 Å². The van der Waals surface area contributed by atoms with Crippen LogP contribution in [0.3, 0.4) is 0 Å². The zero-order chi connectivity index (χ0) is 20.1. The number of anilines is 1. The number of para-hydroxylation sites is 1. The Balaban J connectivity index is 1.82. The number of hydrogen-bond donors (Lipinski definition) is 3. The van der Waals surface area contributed by atoms with Crippen molar-refractivity contribution in [3.63, 3.8) is 0 Å². The van der Waals surface area contributed by atoms with Gasteiger partial charge in [-0.15, -0.1) is 0 Å². The molecule has 0 saturated carbocycles. The summed E-state index contributed by atoms with van der Waals surface area (Å²) < 4.78 is 19.7. The third kappa shape index (κ3) is 3.99. The van der Waals surface area contributed by atoms with E-state index in [-0.39, 0.29) is 5.89 Å². The molecule has 0 bridgehead atoms. The van der Waals surface area contributed by atoms with Crippen LogP contribution in [-0.2, 0) is 0 Å². The zero-order valence-electron chi connectivity index (χ0n) is 15.3. The number of hydrogen-bond acceptors (Lipinski definition) is 6. The lowest BCUT2D eigenvalue weighted by molar-refractivity contribution is 0.405. The molecule has 29 heavy (non-hydrogen) atoms. The molecule has 0 unspecified atom stereocenters. The summed E-state index contributed by atoms with van der Waals surface area (Å²) in [7, 11) is 0. The number of nitrogens with one attached hydrogen (secondary N) is 2. The fourth-order valence-corrected chi connectivity index (χ4v) is 2.85. The van der Waals surface area contributed by atoms with Crippen LogP contribution < -0.4 is 16.6 Å². The quantitative estimate of drug-likeness (QED) is 0.338. The van der Waals surface area contributed by atoms with Gasteiger partial charge in [0.05, 0.1) is 11.4 Å². The Bertz CT molecular complexity index is 1130. The smallest absolute Gasteiger partial charge is 0.277 e. The minimum atomic E-state index is -0.396. The minimum Gasteiger partial charge on any atom is -0.351 e. The van der Waals surface area contributed by atoms with Crippen LogP contribution in [0.25, 0.3) is 22.8 Å². The van der Waals surface area contributed by atoms with Crippen molar-refractivity contribution in [1.82, 2.24) is 15.6 Å². The van der Waals surface area contributed by atoms with Crippen molar-refractivity contribution in [2.45, 2.75) is 0 Å². The highest BCUT2D eigenvalue weighted by Gasteiger charge is 2.19. The predicted octanol–water partition coefficient (Wildman–Crippen LogP) is 4.28. The number of halogens is 1. The molecule has 0 fully saturated rings. The maximum absolute atomic E-state index is 14.3. The summed E-state index contributed by atoms with van der Waals surface area (Å²) in [4.78, 5) is 4.45. The average molecular weight is 387 g/mol. The number of benzene rings is 3. The van der Waals surface area contributed by atoms with E-state index in [1.807, 2.05) is 60.7 Å². The van der Waals surface area contributed by atoms with Crippen LogP contribution in [0.15, 0.2) is 89.5 Å². The number of rotatable bonds is 6. The molecule has 4 rings (SSSR count). The van der Waals surface area contributed by atoms with Crippen LogP contribution >= 0.6 is 0 Å². The molecule has 0 spiro atoms. The van der Waals surface area contributed by atoms with E-state index in [9.17, 15) is 4.39 Å². The van der Waals surface area contributed by atoms with Gasteiger partial charge in [0.15, 0.2) is 0 Å². The maximum Gasteiger partial charge on any atom is 0.277 e. The summed E-state index contributed by atoms with van der Waals surface area (Å²) in [6.45, 7) is 0. The van der Waals surface area contributed by atoms with E-state index in [1.54, 1.807) is 18.2 Å². The van der Waals surface area contributed by atoms with E-state index < -0.39 is 5.82 Å². The van der Waals surface area contributed by atoms with E-state index in [2.05, 4.69) is 20.9 Å². The van der Waals surface area contributed by atoms with Crippen molar-refractivity contribution < 1.29 is 8.91 Å². The molecule has 0 radical (unpaired) electrons. The standard InChI is InChI=1S/C22H18FN5O/c23-17-13-7-8-14-18(17)25-19(15-9-3-1-4-10-15)20(27-24)22-26-21(28-29-22)16-11-5-2-6-12-16/h1-14,25,27H,24H2/b20-19-. The minimum absolute atomic E-state index is 0.175. The fraction of sp³-hybridized carbons (Fsp3) is 0. The second-order valence-electron chi connectivity index (χ2n) is 6.15. The first kappa shape index (κ1) is 18.4. The van der Waals surface area contributed by atoms with Crippen LogP contribution in [0.4, 0.5) is 10.1 Å². The van der Waals surface area contributed by atoms with Crippen LogP contribution in [0.1, 0.15) is 11.5 Å². The van der Waals surface area contributed by atoms with Gasteiger partial charge in [-0.1, -0.05) is 78.0 Å². The highest BCUT2D eigenvalue weighted by atomic mass is 19.1. The highest BCUT2D eigenvalue weighted by Crippen LogP contribution is 2.27. The second-order valence-corrected chi connectivity index (χ2v) is 6.15. The lowest BCUT2D eigenvalue weighted by atomic mass is 10.1. The number of aromatic nitrogens is 2. The molecule has 4 aromatic rings. The third-order valence-electron chi connectivity index (χ3n) is 4.26. The van der Waals surface area contributed by atoms with E-state index in [1.165, 1.54) is 6.07 Å². The lowest BCUT2D eigenvalue weighted by Crippen LogP contribution is -2.23. The molecule has 0 amide bonds. The van der Waals surface area contributed by atoms with Gasteiger partial charge in [0.1, 0.15) is 11.5 Å². The molecule has 6 nitrogen and oxygen atoms in total. The summed E-state index contributed by atoms with van der Waals surface area (Å²) in [5, 5.41) is 7.13. The van der Waals surface area contributed by atoms with Gasteiger partial charge in [-0.2, -0.15) is 4.98 Å². The molecule has 7 heteroatoms. The molecule has 1 heterocycles. The van der Waals surface area contributed by atoms with Crippen LogP contribution in [0.2, 0.25) is 0 Å². The Morgan fingerprint density at radius 1 is 0.828 bits per heavy atom. The molecule has 0 saturated heterocycles. The van der Waals surface area contributed by atoms with Crippen LogP contribution in [0.5, 0.6) is 0 Å². The summed E-state index contributed by atoms with van der Waals surface area (Å²) in [6, 6.07) is 25.2. The van der Waals surface area contributed by atoms with Crippen LogP contribution in [0, 0.1) is 5.82 Å². The lowest BCUT2D eigenvalue weighted by Gasteiger charge is -2.16. The SMILES string of the molecule is NN/C(=C(\Nc1ccccc1F)c1ccccc1)c1nc(-c2ccccc2)no1. The molecule has 4 N–H and O–H groups in total. The Hall–Kier alpha value is -3.97. The second kappa shape index (κ2) is 8.37. The Kier molecular flexibility index (Phi) is 5.31. The predicted molar refractivity (Wildman–Crippen MR) is 110 cm³/mol. The van der Waals surface area contributed by atoms with Crippen molar-refractivity contribution in [2.75, 3.05) is 5.32 Å². The summed E-state index contributed by atoms with van der Waals surface area (Å²) in [5.74, 6) is 6.02. The Morgan fingerprint density at radius 3 is 2.17 bits per heavy atom. The Labute approximate surface area is 166 Å². The van der Waals surface area contributed by atoms with Crippen molar-refractivity contribution in [2.24, 2.45) is 5.84 Å². The fourth-order valence-electron chi connectivity index (χ4n) is 2.85. The van der Waals surface area contributed by atoms with Crippen molar-refractivity contribution >= 4 is 17.1 Å². The van der Waals surface area contributed by atoms with Gasteiger partial charge in [0, 0.05) is 11.1 Å². The first-order valence-corrected chi connectivity index (χ1v) is 8.93. The number of hydrazine groups is 1. The highest BCUT2D eigenvalue weighted by molar-refractivity contribution is 5.93. The molecular weight excluding hydrogens is 369 g/mol. The molecule has 0 atom stereocenters. The monoisotopic (exact) mass is 387 g/mol. The van der Waals surface area contributed by atoms with Gasteiger partial charge >= 0.3 is 0 Å². The summed E-state index contributed by atoms with van der Waals surface area (Å²) in [5.41, 5.74) is 5.33. The summed E-state index contributed by atoms with van der Waals surface area (Å²) in [6.07, 6.45) is 0. The van der Waals surface area contributed by atoms with Crippen molar-refractivity contribution in [3.8, 4) is 11.4 Å². The third-order valence-corrected chi connectivity index (χ3v) is 4.26. The van der Waals surface area contributed by atoms with Gasteiger partial charge in [0.25, 0.3) is 5.89 Å². The van der Waals surface area contributed by atoms with E-state index in [4.69, 9.17) is 10.4 Å². The van der Waals surface area contributed by atoms with E-state index in [0.717, 1.165) is 11.1 Å². The molecule has 3 aromatic carbocycles. The molecule has 0 aliphatic heterocycles. The van der Waals surface area contributed by atoms with E-state index >= 15 is 0 Å². The van der Waals surface area contributed by atoms with Gasteiger partial charge in [0.2, 0.25) is 5.82 Å². The zero-order valence-corrected chi connectivity index (χ0v) is 15.3. The number of nitrogens with zero attached hydrogens (tertiary/aromatic N) is 2. The molecule has 0 aliphatic rings. The van der Waals surface area contributed by atoms with Gasteiger partial charge in [-0.05, 0) is 12.1 Å². The normalized spacial score (nSPS) is 11.7. The molecule has 0 aliphatic carbocycles. The van der Waals surface area contributed by atoms with Gasteiger partial charge in [-0.3, -0.25) is 5.84 Å². The van der Waals surface area contributed by atoms with Gasteiger partial charge < -0.3 is 15.3 Å². The maximum atomic E-state index is 14.3. The first-order valence-electron chi connectivity index (χ1n) is 8.93. The first-order chi connectivity index (χ1) is 14.3. The Morgan fingerprint density at radius 2 is 1.48 bits per heavy atom. The van der Waals surface area contributed by atoms with Crippen molar-refractivity contribution in [1.29, 1.82) is 0 Å². The molecule has 1 aromatic heterocycles. The topological polar surface area (TPSA) is 89.0 Å². The summed E-state index contributed by atoms with van der Waals surface area (Å²) >= 11 is 0. The average Bonchev–Trinajstić information content (AvgIpc) is 3.26. The molecule has 144 valence electrons. The number of nitrogens with two attached hydrogens (primary N) is 1. The largest absolute Gasteiger partial charge is 0.351 e. The van der Waals surface area contributed by atoms with Crippen molar-refractivity contribution in [3.05, 3.63) is 102 Å². The van der Waals surface area contributed by atoms with Crippen LogP contribution in [-0.4, -0.2) is 10.1 Å².